The van der Waals surface area contributed by atoms with E-state index in [2.05, 4.69) is 33.9 Å². The fourth-order valence-electron chi connectivity index (χ4n) is 6.99. The smallest absolute Gasteiger partial charge is 0.319 e. The number of rotatable bonds is 8. The first-order valence-corrected chi connectivity index (χ1v) is 16.2. The molecule has 4 aliphatic rings. The molecule has 43 heavy (non-hydrogen) atoms. The molecule has 0 amide bonds. The van der Waals surface area contributed by atoms with Gasteiger partial charge in [0, 0.05) is 60.3 Å². The summed E-state index contributed by atoms with van der Waals surface area (Å²) < 4.78 is 28.6. The van der Waals surface area contributed by atoms with Crippen LogP contribution in [0.5, 0.6) is 11.8 Å². The number of hydrogen-bond donors (Lipinski definition) is 2. The van der Waals surface area contributed by atoms with E-state index in [4.69, 9.17) is 37.7 Å². The molecule has 1 saturated carbocycles. The molecule has 1 aromatic heterocycles. The summed E-state index contributed by atoms with van der Waals surface area (Å²) in [5.74, 6) is 0.252. The van der Waals surface area contributed by atoms with Crippen LogP contribution in [-0.2, 0) is 4.74 Å². The van der Waals surface area contributed by atoms with Gasteiger partial charge in [-0.3, -0.25) is 4.90 Å². The van der Waals surface area contributed by atoms with Gasteiger partial charge in [-0.2, -0.15) is 9.97 Å². The number of ether oxygens (including phenoxy) is 2. The van der Waals surface area contributed by atoms with Crippen molar-refractivity contribution in [2.45, 2.75) is 76.1 Å². The van der Waals surface area contributed by atoms with Gasteiger partial charge in [0.15, 0.2) is 5.82 Å². The Hall–Kier alpha value is -2.43. The second-order valence-corrected chi connectivity index (χ2v) is 13.5. The minimum Gasteiger partial charge on any atom is -0.508 e. The maximum atomic E-state index is 16.7. The van der Waals surface area contributed by atoms with Gasteiger partial charge in [0.2, 0.25) is 0 Å². The number of morpholine rings is 1. The molecule has 4 fully saturated rings. The molecular formula is C32H38Cl2FN5O3. The van der Waals surface area contributed by atoms with Crippen LogP contribution in [0.15, 0.2) is 18.2 Å². The van der Waals surface area contributed by atoms with E-state index in [0.29, 0.717) is 46.5 Å². The molecule has 2 bridgehead atoms. The van der Waals surface area contributed by atoms with Gasteiger partial charge >= 0.3 is 6.01 Å². The molecule has 2 N–H and O–H groups in total. The summed E-state index contributed by atoms with van der Waals surface area (Å²) >= 11 is 13.4. The van der Waals surface area contributed by atoms with Crippen molar-refractivity contribution in [3.63, 3.8) is 0 Å². The average Bonchev–Trinajstić information content (AvgIpc) is 3.75. The van der Waals surface area contributed by atoms with Crippen LogP contribution >= 0.6 is 23.2 Å². The van der Waals surface area contributed by atoms with Crippen molar-refractivity contribution in [2.24, 2.45) is 0 Å². The van der Waals surface area contributed by atoms with Crippen molar-refractivity contribution in [1.29, 1.82) is 0 Å². The van der Waals surface area contributed by atoms with E-state index in [1.54, 1.807) is 12.1 Å². The van der Waals surface area contributed by atoms with Gasteiger partial charge in [0.05, 0.1) is 24.3 Å². The number of piperazine rings is 1. The number of anilines is 1. The number of phenolic OH excluding ortho intramolecular Hbond substituents is 1. The Bertz CT molecular complexity index is 1530. The topological polar surface area (TPSA) is 83.0 Å². The molecule has 3 saturated heterocycles. The number of phenols is 1. The van der Waals surface area contributed by atoms with E-state index < -0.39 is 5.82 Å². The Morgan fingerprint density at radius 3 is 2.56 bits per heavy atom. The van der Waals surface area contributed by atoms with Gasteiger partial charge in [-0.05, 0) is 81.2 Å². The van der Waals surface area contributed by atoms with Gasteiger partial charge < -0.3 is 24.8 Å². The molecule has 0 spiro atoms. The third kappa shape index (κ3) is 5.87. The SMILES string of the molecule is CC1CN(CCCOc2nc(N3CC4CCC(C3)N4)c3cc(Cl)c(-c4cc(O)cc(Cl)c4C4CC4)c(F)c3n2)C(C)CO1. The fourth-order valence-corrected chi connectivity index (χ4v) is 7.66. The number of benzene rings is 2. The van der Waals surface area contributed by atoms with Crippen molar-refractivity contribution >= 4 is 39.9 Å². The standard InChI is InChI=1S/C32H38Cl2FN5O3/c1-17-16-43-18(2)13-39(17)8-3-9-42-32-37-30-24(31(38-32)40-14-20-6-7-21(15-40)36-20)12-26(34)28(29(30)35)23-10-22(41)11-25(33)27(23)19-4-5-19/h10-12,17-21,36,41H,3-9,13-16H2,1-2H3. The van der Waals surface area contributed by atoms with Crippen molar-refractivity contribution in [2.75, 3.05) is 44.3 Å². The first kappa shape index (κ1) is 29.3. The molecule has 3 aliphatic heterocycles. The van der Waals surface area contributed by atoms with E-state index in [1.165, 1.54) is 6.07 Å². The lowest BCUT2D eigenvalue weighted by molar-refractivity contribution is -0.0503. The molecule has 8 nitrogen and oxygen atoms in total. The van der Waals surface area contributed by atoms with Crippen LogP contribution in [0.25, 0.3) is 22.0 Å². The van der Waals surface area contributed by atoms with Crippen LogP contribution < -0.4 is 15.0 Å². The molecule has 1 aliphatic carbocycles. The van der Waals surface area contributed by atoms with Gasteiger partial charge in [-0.25, -0.2) is 4.39 Å². The number of aromatic nitrogens is 2. The zero-order chi connectivity index (χ0) is 29.8. The fraction of sp³-hybridized carbons (Fsp3) is 0.562. The minimum absolute atomic E-state index is 0.0346. The molecular weight excluding hydrogens is 592 g/mol. The van der Waals surface area contributed by atoms with Crippen LogP contribution in [0.2, 0.25) is 10.0 Å². The lowest BCUT2D eigenvalue weighted by Crippen LogP contribution is -2.51. The first-order valence-electron chi connectivity index (χ1n) is 15.5. The van der Waals surface area contributed by atoms with E-state index in [1.807, 2.05) is 0 Å². The summed E-state index contributed by atoms with van der Waals surface area (Å²) in [4.78, 5) is 14.1. The third-order valence-corrected chi connectivity index (χ3v) is 9.90. The average molecular weight is 631 g/mol. The quantitative estimate of drug-likeness (QED) is 0.287. The number of nitrogens with one attached hydrogen (secondary N) is 1. The summed E-state index contributed by atoms with van der Waals surface area (Å²) in [6.07, 6.45) is 5.13. The number of nitrogens with zero attached hydrogens (tertiary/aromatic N) is 4. The second kappa shape index (κ2) is 11.8. The highest BCUT2D eigenvalue weighted by Crippen LogP contribution is 2.51. The molecule has 0 radical (unpaired) electrons. The summed E-state index contributed by atoms with van der Waals surface area (Å²) in [6, 6.07) is 6.05. The Morgan fingerprint density at radius 2 is 1.81 bits per heavy atom. The maximum Gasteiger partial charge on any atom is 0.319 e. The van der Waals surface area contributed by atoms with E-state index in [-0.39, 0.29) is 39.9 Å². The number of aromatic hydroxyl groups is 1. The highest BCUT2D eigenvalue weighted by atomic mass is 35.5. The van der Waals surface area contributed by atoms with Crippen LogP contribution in [0.3, 0.4) is 0 Å². The number of fused-ring (bicyclic) bond motifs is 3. The van der Waals surface area contributed by atoms with Crippen molar-refractivity contribution in [3.8, 4) is 22.9 Å². The molecule has 2 aromatic carbocycles. The highest BCUT2D eigenvalue weighted by Gasteiger charge is 2.35. The van der Waals surface area contributed by atoms with Crippen LogP contribution in [0.4, 0.5) is 10.2 Å². The lowest BCUT2D eigenvalue weighted by atomic mass is 9.94. The van der Waals surface area contributed by atoms with Gasteiger partial charge in [0.25, 0.3) is 0 Å². The Labute approximate surface area is 261 Å². The maximum absolute atomic E-state index is 16.7. The summed E-state index contributed by atoms with van der Waals surface area (Å²) in [5, 5.41) is 15.3. The van der Waals surface area contributed by atoms with Crippen molar-refractivity contribution in [1.82, 2.24) is 20.2 Å². The second-order valence-electron chi connectivity index (χ2n) is 12.7. The Morgan fingerprint density at radius 1 is 1.05 bits per heavy atom. The van der Waals surface area contributed by atoms with Gasteiger partial charge in [-0.15, -0.1) is 0 Å². The predicted molar refractivity (Wildman–Crippen MR) is 167 cm³/mol. The van der Waals surface area contributed by atoms with Crippen molar-refractivity contribution in [3.05, 3.63) is 39.6 Å². The number of halogens is 3. The van der Waals surface area contributed by atoms with E-state index in [9.17, 15) is 5.11 Å². The van der Waals surface area contributed by atoms with Crippen molar-refractivity contribution < 1.29 is 19.0 Å². The zero-order valence-electron chi connectivity index (χ0n) is 24.6. The number of hydrogen-bond acceptors (Lipinski definition) is 8. The lowest BCUT2D eigenvalue weighted by Gasteiger charge is -2.36. The first-order chi connectivity index (χ1) is 20.7. The molecule has 11 heteroatoms. The van der Waals surface area contributed by atoms with E-state index >= 15 is 4.39 Å². The summed E-state index contributed by atoms with van der Waals surface area (Å²) in [5.41, 5.74) is 1.67. The predicted octanol–water partition coefficient (Wildman–Crippen LogP) is 6.14. The van der Waals surface area contributed by atoms with Gasteiger partial charge in [-0.1, -0.05) is 23.2 Å². The summed E-state index contributed by atoms with van der Waals surface area (Å²) in [6.45, 7) is 8.69. The Balaban J connectivity index is 1.25. The molecule has 4 unspecified atom stereocenters. The van der Waals surface area contributed by atoms with Crippen LogP contribution in [-0.4, -0.2) is 83.6 Å². The van der Waals surface area contributed by atoms with Crippen LogP contribution in [0, 0.1) is 5.82 Å². The molecule has 230 valence electrons. The van der Waals surface area contributed by atoms with Crippen LogP contribution in [0.1, 0.15) is 57.4 Å². The monoisotopic (exact) mass is 629 g/mol. The van der Waals surface area contributed by atoms with E-state index in [0.717, 1.165) is 70.5 Å². The third-order valence-electron chi connectivity index (χ3n) is 9.29. The highest BCUT2D eigenvalue weighted by molar-refractivity contribution is 6.35. The summed E-state index contributed by atoms with van der Waals surface area (Å²) in [7, 11) is 0. The Kier molecular flexibility index (Phi) is 8.05. The zero-order valence-corrected chi connectivity index (χ0v) is 26.1. The largest absolute Gasteiger partial charge is 0.508 e. The van der Waals surface area contributed by atoms with Gasteiger partial charge in [0.1, 0.15) is 17.1 Å². The molecule has 4 atom stereocenters. The molecule has 7 rings (SSSR count). The molecule has 3 aromatic rings. The minimum atomic E-state index is -0.561. The molecule has 4 heterocycles. The normalized spacial score (nSPS) is 25.9.